The van der Waals surface area contributed by atoms with E-state index in [1.807, 2.05) is 24.3 Å². The standard InChI is InChI=1S/C25H23FN4O3S/c1-2-22(31)27-12-11-18-17-5-3-4-6-20(17)28-21(18)13-19-23(32)29-25(34)30(24(19)33)14-15-7-9-16(26)10-8-15/h3-10,13,33H,2,11-12,14H2,1H3,(H,27,31)(H,29,32,34). The second-order valence-electron chi connectivity index (χ2n) is 7.80. The number of halogens is 1. The van der Waals surface area contributed by atoms with Crippen LogP contribution in [0, 0.1) is 10.6 Å². The number of hydrogen-bond acceptors (Lipinski definition) is 5. The molecule has 1 aliphatic heterocycles. The lowest BCUT2D eigenvalue weighted by molar-refractivity contribution is -0.120. The highest BCUT2D eigenvalue weighted by atomic mass is 32.1. The Morgan fingerprint density at radius 3 is 2.71 bits per heavy atom. The van der Waals surface area contributed by atoms with Crippen molar-refractivity contribution in [3.05, 3.63) is 96.9 Å². The van der Waals surface area contributed by atoms with Gasteiger partial charge in [0, 0.05) is 18.2 Å². The number of benzene rings is 2. The number of para-hydroxylation sites is 1. The third-order valence-corrected chi connectivity index (χ3v) is 5.86. The quantitative estimate of drug-likeness (QED) is 0.455. The van der Waals surface area contributed by atoms with Gasteiger partial charge in [-0.3, -0.25) is 19.1 Å². The van der Waals surface area contributed by atoms with E-state index < -0.39 is 5.56 Å². The predicted octanol–water partition coefficient (Wildman–Crippen LogP) is 2.54. The summed E-state index contributed by atoms with van der Waals surface area (Å²) in [5, 5.41) is 15.5. The van der Waals surface area contributed by atoms with Crippen LogP contribution in [0.4, 0.5) is 4.39 Å². The Morgan fingerprint density at radius 2 is 1.97 bits per heavy atom. The third kappa shape index (κ3) is 4.89. The lowest BCUT2D eigenvalue weighted by atomic mass is 10.1. The number of carbonyl (C=O) groups excluding carboxylic acids is 1. The van der Waals surface area contributed by atoms with Crippen LogP contribution in [0.5, 0.6) is 5.88 Å². The van der Waals surface area contributed by atoms with E-state index in [1.54, 1.807) is 19.1 Å². The molecule has 3 aromatic rings. The molecule has 0 spiro atoms. The Bertz CT molecular complexity index is 1520. The van der Waals surface area contributed by atoms with Gasteiger partial charge in [-0.1, -0.05) is 37.3 Å². The van der Waals surface area contributed by atoms with E-state index in [1.165, 1.54) is 22.8 Å². The van der Waals surface area contributed by atoms with Gasteiger partial charge < -0.3 is 10.4 Å². The van der Waals surface area contributed by atoms with E-state index in [0.717, 1.165) is 16.1 Å². The van der Waals surface area contributed by atoms with Crippen LogP contribution in [0.1, 0.15) is 30.9 Å². The topological polar surface area (TPSA) is 99.5 Å². The Morgan fingerprint density at radius 1 is 1.24 bits per heavy atom. The second-order valence-corrected chi connectivity index (χ2v) is 8.19. The maximum absolute atomic E-state index is 13.3. The summed E-state index contributed by atoms with van der Waals surface area (Å²) >= 11 is 5.25. The van der Waals surface area contributed by atoms with Crippen LogP contribution in [0.2, 0.25) is 0 Å². The van der Waals surface area contributed by atoms with Gasteiger partial charge in [-0.05, 0) is 54.1 Å². The Balaban J connectivity index is 1.75. The van der Waals surface area contributed by atoms with Crippen LogP contribution in [-0.4, -0.2) is 27.1 Å². The molecule has 174 valence electrons. The van der Waals surface area contributed by atoms with Crippen molar-refractivity contribution in [2.24, 2.45) is 4.99 Å². The molecule has 0 saturated heterocycles. The minimum absolute atomic E-state index is 0.0114. The highest BCUT2D eigenvalue weighted by Gasteiger charge is 2.17. The van der Waals surface area contributed by atoms with Crippen LogP contribution in [0.15, 0.2) is 64.0 Å². The molecule has 9 heteroatoms. The van der Waals surface area contributed by atoms with Crippen LogP contribution >= 0.6 is 12.2 Å². The summed E-state index contributed by atoms with van der Waals surface area (Å²) in [7, 11) is 0. The number of aromatic nitrogens is 2. The molecule has 0 fully saturated rings. The van der Waals surface area contributed by atoms with Gasteiger partial charge in [0.05, 0.1) is 17.6 Å². The number of aromatic amines is 1. The van der Waals surface area contributed by atoms with Gasteiger partial charge in [-0.15, -0.1) is 0 Å². The van der Waals surface area contributed by atoms with Crippen molar-refractivity contribution in [3.8, 4) is 5.88 Å². The summed E-state index contributed by atoms with van der Waals surface area (Å²) in [6, 6.07) is 13.4. The van der Waals surface area contributed by atoms with Gasteiger partial charge in [0.15, 0.2) is 4.77 Å². The molecule has 0 saturated carbocycles. The van der Waals surface area contributed by atoms with Crippen molar-refractivity contribution < 1.29 is 14.3 Å². The molecular formula is C25H23FN4O3S. The molecule has 0 radical (unpaired) electrons. The van der Waals surface area contributed by atoms with Crippen molar-refractivity contribution in [3.63, 3.8) is 0 Å². The van der Waals surface area contributed by atoms with Crippen molar-refractivity contribution in [1.82, 2.24) is 14.9 Å². The zero-order valence-corrected chi connectivity index (χ0v) is 19.3. The summed E-state index contributed by atoms with van der Waals surface area (Å²) in [5.41, 5.74) is 1.55. The maximum atomic E-state index is 13.3. The summed E-state index contributed by atoms with van der Waals surface area (Å²) in [6.07, 6.45) is 2.43. The van der Waals surface area contributed by atoms with E-state index in [2.05, 4.69) is 15.3 Å². The first-order valence-corrected chi connectivity index (χ1v) is 11.2. The third-order valence-electron chi connectivity index (χ3n) is 5.54. The minimum Gasteiger partial charge on any atom is -0.494 e. The second kappa shape index (κ2) is 9.96. The molecule has 1 aliphatic rings. The number of nitrogens with one attached hydrogen (secondary N) is 2. The molecule has 7 nitrogen and oxygen atoms in total. The molecule has 1 amide bonds. The van der Waals surface area contributed by atoms with Gasteiger partial charge >= 0.3 is 0 Å². The summed E-state index contributed by atoms with van der Waals surface area (Å²) in [4.78, 5) is 31.6. The van der Waals surface area contributed by atoms with Crippen molar-refractivity contribution in [2.75, 3.05) is 6.54 Å². The van der Waals surface area contributed by atoms with Crippen molar-refractivity contribution in [1.29, 1.82) is 0 Å². The normalized spacial score (nSPS) is 13.6. The number of nitrogens with zero attached hydrogens (tertiary/aromatic N) is 2. The highest BCUT2D eigenvalue weighted by Crippen LogP contribution is 2.24. The molecule has 0 bridgehead atoms. The van der Waals surface area contributed by atoms with Gasteiger partial charge in [0.1, 0.15) is 11.4 Å². The molecule has 2 heterocycles. The first kappa shape index (κ1) is 23.3. The molecule has 0 aliphatic carbocycles. The largest absolute Gasteiger partial charge is 0.494 e. The van der Waals surface area contributed by atoms with E-state index in [0.29, 0.717) is 30.6 Å². The number of amides is 1. The number of carbonyl (C=O) groups is 1. The first-order valence-electron chi connectivity index (χ1n) is 10.8. The number of fused-ring (bicyclic) bond motifs is 1. The summed E-state index contributed by atoms with van der Waals surface area (Å²) in [6.45, 7) is 2.35. The van der Waals surface area contributed by atoms with Crippen LogP contribution in [0.3, 0.4) is 0 Å². The molecule has 0 unspecified atom stereocenters. The number of rotatable bonds is 7. The molecule has 4 rings (SSSR count). The lowest BCUT2D eigenvalue weighted by Gasteiger charge is -2.12. The molecule has 3 N–H and O–H groups in total. The Kier molecular flexibility index (Phi) is 6.83. The monoisotopic (exact) mass is 478 g/mol. The zero-order chi connectivity index (χ0) is 24.2. The molecule has 2 aromatic carbocycles. The van der Waals surface area contributed by atoms with Gasteiger partial charge in [-0.2, -0.15) is 0 Å². The van der Waals surface area contributed by atoms with Gasteiger partial charge in [-0.25, -0.2) is 9.38 Å². The summed E-state index contributed by atoms with van der Waals surface area (Å²) < 4.78 is 14.7. The fraction of sp³-hybridized carbons (Fsp3) is 0.200. The van der Waals surface area contributed by atoms with E-state index >= 15 is 0 Å². The predicted molar refractivity (Wildman–Crippen MR) is 130 cm³/mol. The van der Waals surface area contributed by atoms with Crippen LogP contribution in [-0.2, 0) is 11.3 Å². The number of H-pyrrole nitrogens is 1. The fourth-order valence-electron chi connectivity index (χ4n) is 3.76. The minimum atomic E-state index is -0.546. The number of aromatic hydroxyl groups is 1. The van der Waals surface area contributed by atoms with Crippen molar-refractivity contribution in [2.45, 2.75) is 26.3 Å². The smallest absolute Gasteiger partial charge is 0.262 e. The SMILES string of the molecule is CCC(=O)NCCC1=c2ccccc2=NC1=Cc1c(O)n(Cc2ccc(F)cc2)c(=S)[nH]c1=O. The van der Waals surface area contributed by atoms with Crippen LogP contribution in [0.25, 0.3) is 11.6 Å². The molecular weight excluding hydrogens is 455 g/mol. The van der Waals surface area contributed by atoms with E-state index in [9.17, 15) is 19.1 Å². The molecule has 0 atom stereocenters. The fourth-order valence-corrected chi connectivity index (χ4v) is 4.00. The molecule has 34 heavy (non-hydrogen) atoms. The first-order chi connectivity index (χ1) is 16.4. The van der Waals surface area contributed by atoms with E-state index in [4.69, 9.17) is 12.2 Å². The average Bonchev–Trinajstić information content (AvgIpc) is 3.17. The molecule has 1 aromatic heterocycles. The zero-order valence-electron chi connectivity index (χ0n) is 18.5. The van der Waals surface area contributed by atoms with Crippen molar-refractivity contribution >= 4 is 29.8 Å². The van der Waals surface area contributed by atoms with Crippen LogP contribution < -0.4 is 21.5 Å². The van der Waals surface area contributed by atoms with Gasteiger partial charge in [0.25, 0.3) is 5.56 Å². The average molecular weight is 479 g/mol. The number of hydrogen-bond donors (Lipinski definition) is 3. The Labute approximate surface area is 199 Å². The lowest BCUT2D eigenvalue weighted by Crippen LogP contribution is -2.26. The van der Waals surface area contributed by atoms with E-state index in [-0.39, 0.29) is 34.5 Å². The highest BCUT2D eigenvalue weighted by molar-refractivity contribution is 7.71. The Hall–Kier alpha value is -3.85. The number of allylic oxidation sites excluding steroid dienone is 1. The van der Waals surface area contributed by atoms with Gasteiger partial charge in [0.2, 0.25) is 11.8 Å². The maximum Gasteiger partial charge on any atom is 0.262 e. The summed E-state index contributed by atoms with van der Waals surface area (Å²) in [5.74, 6) is -0.731.